The number of aliphatic hydroxyl groups is 1. The molecule has 2 aromatic rings. The lowest BCUT2D eigenvalue weighted by molar-refractivity contribution is -0.139. The third kappa shape index (κ3) is 7.50. The second-order valence-electron chi connectivity index (χ2n) is 6.14. The summed E-state index contributed by atoms with van der Waals surface area (Å²) in [4.78, 5) is 3.55. The van der Waals surface area contributed by atoms with E-state index in [-0.39, 0.29) is 11.9 Å². The maximum Gasteiger partial charge on any atom is 0.423 e. The number of nitrogens with two attached hydrogens (primary N) is 1. The van der Waals surface area contributed by atoms with E-state index in [1.165, 1.54) is 24.4 Å². The van der Waals surface area contributed by atoms with Crippen LogP contribution in [0.4, 0.5) is 27.8 Å². The molecular formula is C20H22F5N3O2. The van der Waals surface area contributed by atoms with Crippen LogP contribution in [0.2, 0.25) is 0 Å². The predicted molar refractivity (Wildman–Crippen MR) is 102 cm³/mol. The summed E-state index contributed by atoms with van der Waals surface area (Å²) in [6.07, 6.45) is 5.95. The Labute approximate surface area is 171 Å². The van der Waals surface area contributed by atoms with Gasteiger partial charge in [-0.05, 0) is 43.9 Å². The Morgan fingerprint density at radius 3 is 2.00 bits per heavy atom. The molecule has 1 aliphatic rings. The van der Waals surface area contributed by atoms with E-state index in [0.717, 1.165) is 12.1 Å². The van der Waals surface area contributed by atoms with Gasteiger partial charge in [0.15, 0.2) is 17.5 Å². The van der Waals surface area contributed by atoms with Crippen molar-refractivity contribution in [3.8, 4) is 18.6 Å². The van der Waals surface area contributed by atoms with Crippen molar-refractivity contribution in [1.82, 2.24) is 4.98 Å². The second kappa shape index (κ2) is 11.9. The zero-order chi connectivity index (χ0) is 22.7. The van der Waals surface area contributed by atoms with Gasteiger partial charge in [-0.2, -0.15) is 13.2 Å². The largest absolute Gasteiger partial charge is 0.490 e. The molecule has 0 amide bonds. The van der Waals surface area contributed by atoms with E-state index in [0.29, 0.717) is 25.7 Å². The predicted octanol–water partition coefficient (Wildman–Crippen LogP) is 4.28. The number of aromatic nitrogens is 1. The van der Waals surface area contributed by atoms with Crippen molar-refractivity contribution in [3.63, 3.8) is 0 Å². The molecule has 1 fully saturated rings. The standard InChI is InChI=1S/C12H16F3N3O2.C6H4F2.C2H2/c13-12(14,15)10-9(5-6-17-11(10)18-16)20-8-3-1-7(19)2-4-8;7-5-3-1-2-4-6(5)8;1-2/h5-8,19H,1-4,16H2,(H,17,18);1-4H;1-2H. The number of benzene rings is 1. The molecule has 1 heterocycles. The first-order chi connectivity index (χ1) is 14.2. The summed E-state index contributed by atoms with van der Waals surface area (Å²) in [5, 5.41) is 9.39. The molecule has 1 aliphatic carbocycles. The van der Waals surface area contributed by atoms with Crippen molar-refractivity contribution in [2.75, 3.05) is 5.43 Å². The van der Waals surface area contributed by atoms with E-state index < -0.39 is 35.3 Å². The smallest absolute Gasteiger partial charge is 0.423 e. The molecule has 0 bridgehead atoms. The number of aliphatic hydroxyl groups excluding tert-OH is 1. The average Bonchev–Trinajstić information content (AvgIpc) is 2.73. The van der Waals surface area contributed by atoms with Gasteiger partial charge in [0.05, 0.1) is 12.2 Å². The van der Waals surface area contributed by atoms with Crippen LogP contribution in [-0.4, -0.2) is 22.3 Å². The van der Waals surface area contributed by atoms with Gasteiger partial charge in [0.1, 0.15) is 11.3 Å². The maximum atomic E-state index is 13.1. The number of rotatable bonds is 3. The van der Waals surface area contributed by atoms with Crippen LogP contribution in [0.15, 0.2) is 36.5 Å². The Morgan fingerprint density at radius 2 is 1.57 bits per heavy atom. The molecule has 0 spiro atoms. The minimum atomic E-state index is -4.61. The highest BCUT2D eigenvalue weighted by Gasteiger charge is 2.39. The van der Waals surface area contributed by atoms with Crippen LogP contribution in [0.25, 0.3) is 0 Å². The molecule has 1 saturated carbocycles. The van der Waals surface area contributed by atoms with Crippen LogP contribution in [0.1, 0.15) is 31.2 Å². The lowest BCUT2D eigenvalue weighted by Crippen LogP contribution is -2.27. The molecule has 30 heavy (non-hydrogen) atoms. The van der Waals surface area contributed by atoms with Crippen LogP contribution < -0.4 is 16.0 Å². The quantitative estimate of drug-likeness (QED) is 0.293. The Hall–Kier alpha value is -2.90. The van der Waals surface area contributed by atoms with Gasteiger partial charge in [0, 0.05) is 6.20 Å². The molecule has 0 saturated heterocycles. The Kier molecular flexibility index (Phi) is 10.0. The molecule has 10 heteroatoms. The number of nitrogens with one attached hydrogen (secondary N) is 1. The van der Waals surface area contributed by atoms with E-state index >= 15 is 0 Å². The van der Waals surface area contributed by atoms with Gasteiger partial charge in [-0.25, -0.2) is 19.6 Å². The number of hydrazine groups is 1. The Balaban J connectivity index is 0.000000375. The number of halogens is 5. The number of terminal acetylenes is 1. The fraction of sp³-hybridized carbons (Fsp3) is 0.350. The number of anilines is 1. The lowest BCUT2D eigenvalue weighted by atomic mass is 9.95. The average molecular weight is 431 g/mol. The van der Waals surface area contributed by atoms with E-state index in [1.807, 2.05) is 5.43 Å². The van der Waals surface area contributed by atoms with Gasteiger partial charge < -0.3 is 15.3 Å². The van der Waals surface area contributed by atoms with Crippen LogP contribution in [0.5, 0.6) is 5.75 Å². The molecule has 0 atom stereocenters. The summed E-state index contributed by atoms with van der Waals surface area (Å²) < 4.78 is 68.5. The number of hydrogen-bond acceptors (Lipinski definition) is 5. The normalized spacial score (nSPS) is 18.2. The highest BCUT2D eigenvalue weighted by atomic mass is 19.4. The number of alkyl halides is 3. The fourth-order valence-electron chi connectivity index (χ4n) is 2.71. The monoisotopic (exact) mass is 431 g/mol. The zero-order valence-electron chi connectivity index (χ0n) is 15.9. The number of nitrogens with zero attached hydrogens (tertiary/aromatic N) is 1. The molecule has 1 aromatic carbocycles. The minimum absolute atomic E-state index is 0.290. The first-order valence-electron chi connectivity index (χ1n) is 8.83. The number of hydrogen-bond donors (Lipinski definition) is 3. The number of pyridine rings is 1. The first-order valence-corrected chi connectivity index (χ1v) is 8.83. The van der Waals surface area contributed by atoms with Gasteiger partial charge in [-0.1, -0.05) is 12.1 Å². The molecule has 4 N–H and O–H groups in total. The van der Waals surface area contributed by atoms with E-state index in [2.05, 4.69) is 17.8 Å². The molecule has 5 nitrogen and oxygen atoms in total. The SMILES string of the molecule is C#C.Fc1ccccc1F.NNc1nccc(OC2CCC(O)CC2)c1C(F)(F)F. The van der Waals surface area contributed by atoms with Gasteiger partial charge in [-0.15, -0.1) is 12.8 Å². The topological polar surface area (TPSA) is 80.4 Å². The highest BCUT2D eigenvalue weighted by molar-refractivity contribution is 5.52. The van der Waals surface area contributed by atoms with Crippen LogP contribution in [0.3, 0.4) is 0 Å². The molecule has 1 aromatic heterocycles. The third-order valence-corrected chi connectivity index (χ3v) is 4.09. The van der Waals surface area contributed by atoms with Gasteiger partial charge in [-0.3, -0.25) is 0 Å². The minimum Gasteiger partial charge on any atom is -0.490 e. The number of ether oxygens (including phenoxy) is 1. The van der Waals surface area contributed by atoms with Crippen molar-refractivity contribution in [2.45, 2.75) is 44.1 Å². The van der Waals surface area contributed by atoms with E-state index in [9.17, 15) is 27.1 Å². The van der Waals surface area contributed by atoms with Gasteiger partial charge in [0.25, 0.3) is 0 Å². The van der Waals surface area contributed by atoms with Gasteiger partial charge in [0.2, 0.25) is 0 Å². The number of nitrogen functional groups attached to an aromatic ring is 1. The Morgan fingerprint density at radius 1 is 1.03 bits per heavy atom. The van der Waals surface area contributed by atoms with Gasteiger partial charge >= 0.3 is 6.18 Å². The summed E-state index contributed by atoms with van der Waals surface area (Å²) in [5.74, 6) is 2.71. The fourth-order valence-corrected chi connectivity index (χ4v) is 2.71. The molecule has 0 radical (unpaired) electrons. The molecule has 0 aliphatic heterocycles. The van der Waals surface area contributed by atoms with Crippen molar-refractivity contribution in [3.05, 3.63) is 53.7 Å². The zero-order valence-corrected chi connectivity index (χ0v) is 15.9. The summed E-state index contributed by atoms with van der Waals surface area (Å²) in [7, 11) is 0. The summed E-state index contributed by atoms with van der Waals surface area (Å²) >= 11 is 0. The van der Waals surface area contributed by atoms with Crippen LogP contribution in [-0.2, 0) is 6.18 Å². The highest BCUT2D eigenvalue weighted by Crippen LogP contribution is 2.41. The van der Waals surface area contributed by atoms with E-state index in [1.54, 1.807) is 0 Å². The Bertz CT molecular complexity index is 786. The lowest BCUT2D eigenvalue weighted by Gasteiger charge is -2.27. The van der Waals surface area contributed by atoms with Crippen molar-refractivity contribution in [2.24, 2.45) is 5.84 Å². The maximum absolute atomic E-state index is 13.1. The van der Waals surface area contributed by atoms with Crippen molar-refractivity contribution < 1.29 is 31.8 Å². The summed E-state index contributed by atoms with van der Waals surface area (Å²) in [5.41, 5.74) is 0.930. The van der Waals surface area contributed by atoms with Crippen molar-refractivity contribution >= 4 is 5.82 Å². The van der Waals surface area contributed by atoms with Crippen LogP contribution in [0, 0.1) is 24.5 Å². The molecule has 3 rings (SSSR count). The third-order valence-electron chi connectivity index (χ3n) is 4.09. The molecular weight excluding hydrogens is 409 g/mol. The first kappa shape index (κ1) is 25.1. The van der Waals surface area contributed by atoms with Crippen LogP contribution >= 0.6 is 0 Å². The summed E-state index contributed by atoms with van der Waals surface area (Å²) in [6.45, 7) is 0. The summed E-state index contributed by atoms with van der Waals surface area (Å²) in [6, 6.07) is 6.22. The van der Waals surface area contributed by atoms with Crippen molar-refractivity contribution in [1.29, 1.82) is 0 Å². The second-order valence-corrected chi connectivity index (χ2v) is 6.14. The molecule has 0 unspecified atom stereocenters. The van der Waals surface area contributed by atoms with E-state index in [4.69, 9.17) is 10.6 Å². The molecule has 164 valence electrons.